The summed E-state index contributed by atoms with van der Waals surface area (Å²) in [6.07, 6.45) is 15.1. The fraction of sp³-hybridized carbons (Fsp3) is 1.00. The Bertz CT molecular complexity index is 374. The highest BCUT2D eigenvalue weighted by Gasteiger charge is 2.38. The van der Waals surface area contributed by atoms with Gasteiger partial charge in [-0.3, -0.25) is 0 Å². The Morgan fingerprint density at radius 1 is 0.640 bits per heavy atom. The minimum Gasteiger partial charge on any atom is -0.301 e. The molecule has 1 aliphatic carbocycles. The van der Waals surface area contributed by atoms with Crippen LogP contribution in [0.4, 0.5) is 0 Å². The van der Waals surface area contributed by atoms with E-state index < -0.39 is 0 Å². The maximum atomic E-state index is 2.70. The first-order chi connectivity index (χ1) is 12.0. The van der Waals surface area contributed by atoms with Gasteiger partial charge in [0.15, 0.2) is 0 Å². The number of rotatable bonds is 5. The Morgan fingerprint density at radius 3 is 1.56 bits per heavy atom. The lowest BCUT2D eigenvalue weighted by atomic mass is 9.64. The summed E-state index contributed by atoms with van der Waals surface area (Å²) in [6, 6.07) is 1.49. The fourth-order valence-corrected chi connectivity index (χ4v) is 5.82. The van der Waals surface area contributed by atoms with Crippen molar-refractivity contribution in [2.24, 2.45) is 17.3 Å². The van der Waals surface area contributed by atoms with Gasteiger partial charge in [-0.05, 0) is 122 Å². The maximum Gasteiger partial charge on any atom is 0.00385 e. The molecule has 0 N–H and O–H groups in total. The zero-order valence-corrected chi connectivity index (χ0v) is 17.6. The SMILES string of the molecule is CC(C)N1CCC(CCC2CCC3(CC2)CCN(C(C)C)CC3)CC1. The Hall–Kier alpha value is -0.0800. The summed E-state index contributed by atoms with van der Waals surface area (Å²) in [6.45, 7) is 14.8. The molecule has 0 aromatic rings. The van der Waals surface area contributed by atoms with Gasteiger partial charge < -0.3 is 9.80 Å². The minimum absolute atomic E-state index is 0.741. The van der Waals surface area contributed by atoms with Crippen LogP contribution < -0.4 is 0 Å². The molecule has 3 rings (SSSR count). The van der Waals surface area contributed by atoms with Gasteiger partial charge >= 0.3 is 0 Å². The number of nitrogens with zero attached hydrogens (tertiary/aromatic N) is 2. The third-order valence-electron chi connectivity index (χ3n) is 8.12. The van der Waals surface area contributed by atoms with E-state index in [9.17, 15) is 0 Å². The number of hydrogen-bond donors (Lipinski definition) is 0. The molecule has 3 fully saturated rings. The van der Waals surface area contributed by atoms with Crippen molar-refractivity contribution in [3.8, 4) is 0 Å². The summed E-state index contributed by atoms with van der Waals surface area (Å²) in [5.41, 5.74) is 0.741. The van der Waals surface area contributed by atoms with E-state index in [1.807, 2.05) is 0 Å². The van der Waals surface area contributed by atoms with E-state index in [1.54, 1.807) is 0 Å². The first kappa shape index (κ1) is 19.7. The van der Waals surface area contributed by atoms with Crippen molar-refractivity contribution in [1.82, 2.24) is 9.80 Å². The van der Waals surface area contributed by atoms with Crippen molar-refractivity contribution in [1.29, 1.82) is 0 Å². The molecule has 0 bridgehead atoms. The molecule has 0 radical (unpaired) electrons. The summed E-state index contributed by atoms with van der Waals surface area (Å²) in [4.78, 5) is 5.37. The van der Waals surface area contributed by atoms with E-state index in [4.69, 9.17) is 0 Å². The van der Waals surface area contributed by atoms with Crippen LogP contribution in [-0.2, 0) is 0 Å². The van der Waals surface area contributed by atoms with Gasteiger partial charge in [0.05, 0.1) is 0 Å². The van der Waals surface area contributed by atoms with Crippen molar-refractivity contribution in [2.45, 2.75) is 104 Å². The lowest BCUT2D eigenvalue weighted by Crippen LogP contribution is -2.44. The average Bonchev–Trinajstić information content (AvgIpc) is 2.62. The van der Waals surface area contributed by atoms with Crippen molar-refractivity contribution in [2.75, 3.05) is 26.2 Å². The molecule has 1 saturated carbocycles. The molecular formula is C23H44N2. The largest absolute Gasteiger partial charge is 0.301 e. The number of hydrogen-bond acceptors (Lipinski definition) is 2. The fourth-order valence-electron chi connectivity index (χ4n) is 5.82. The zero-order chi connectivity index (χ0) is 17.9. The summed E-state index contributed by atoms with van der Waals surface area (Å²) < 4.78 is 0. The minimum atomic E-state index is 0.741. The second kappa shape index (κ2) is 8.74. The van der Waals surface area contributed by atoms with Crippen LogP contribution in [0.1, 0.15) is 91.9 Å². The van der Waals surface area contributed by atoms with Gasteiger partial charge in [0.25, 0.3) is 0 Å². The number of likely N-dealkylation sites (tertiary alicyclic amines) is 2. The summed E-state index contributed by atoms with van der Waals surface area (Å²) in [5, 5.41) is 0. The van der Waals surface area contributed by atoms with Crippen LogP contribution in [0.2, 0.25) is 0 Å². The molecule has 2 aliphatic heterocycles. The van der Waals surface area contributed by atoms with E-state index in [-0.39, 0.29) is 0 Å². The van der Waals surface area contributed by atoms with Gasteiger partial charge in [-0.2, -0.15) is 0 Å². The third kappa shape index (κ3) is 5.22. The van der Waals surface area contributed by atoms with Crippen molar-refractivity contribution in [3.63, 3.8) is 0 Å². The Balaban J connectivity index is 1.34. The standard InChI is InChI=1S/C23H44N2/c1-19(2)24-15-9-22(10-16-24)6-5-21-7-11-23(12-8-21)13-17-25(18-14-23)20(3)4/h19-22H,5-18H2,1-4H3. The lowest BCUT2D eigenvalue weighted by Gasteiger charge is -2.47. The molecule has 0 amide bonds. The molecule has 146 valence electrons. The monoisotopic (exact) mass is 348 g/mol. The molecule has 25 heavy (non-hydrogen) atoms. The van der Waals surface area contributed by atoms with Crippen LogP contribution in [0.5, 0.6) is 0 Å². The van der Waals surface area contributed by atoms with Gasteiger partial charge in [-0.25, -0.2) is 0 Å². The van der Waals surface area contributed by atoms with Gasteiger partial charge in [-0.1, -0.05) is 12.8 Å². The second-order valence-electron chi connectivity index (χ2n) is 10.2. The first-order valence-electron chi connectivity index (χ1n) is 11.5. The third-order valence-corrected chi connectivity index (χ3v) is 8.12. The highest BCUT2D eigenvalue weighted by atomic mass is 15.2. The van der Waals surface area contributed by atoms with Gasteiger partial charge in [0.2, 0.25) is 0 Å². The molecule has 0 aromatic heterocycles. The second-order valence-corrected chi connectivity index (χ2v) is 10.2. The molecule has 2 heterocycles. The van der Waals surface area contributed by atoms with Gasteiger partial charge in [0, 0.05) is 12.1 Å². The topological polar surface area (TPSA) is 6.48 Å². The predicted octanol–water partition coefficient (Wildman–Crippen LogP) is 5.57. The Morgan fingerprint density at radius 2 is 1.08 bits per heavy atom. The van der Waals surface area contributed by atoms with Gasteiger partial charge in [0.1, 0.15) is 0 Å². The molecule has 3 aliphatic rings. The molecule has 2 saturated heterocycles. The van der Waals surface area contributed by atoms with Crippen LogP contribution in [0, 0.1) is 17.3 Å². The average molecular weight is 349 g/mol. The molecule has 1 spiro atoms. The maximum absolute atomic E-state index is 2.70. The summed E-state index contributed by atoms with van der Waals surface area (Å²) in [5.74, 6) is 2.08. The van der Waals surface area contributed by atoms with Crippen molar-refractivity contribution < 1.29 is 0 Å². The van der Waals surface area contributed by atoms with Gasteiger partial charge in [-0.15, -0.1) is 0 Å². The highest BCUT2D eigenvalue weighted by molar-refractivity contribution is 4.91. The normalized spacial score (nSPS) is 27.6. The predicted molar refractivity (Wildman–Crippen MR) is 109 cm³/mol. The summed E-state index contributed by atoms with van der Waals surface area (Å²) >= 11 is 0. The van der Waals surface area contributed by atoms with E-state index in [0.717, 1.165) is 29.3 Å². The van der Waals surface area contributed by atoms with E-state index in [0.29, 0.717) is 0 Å². The molecule has 0 unspecified atom stereocenters. The first-order valence-corrected chi connectivity index (χ1v) is 11.5. The molecular weight excluding hydrogens is 304 g/mol. The van der Waals surface area contributed by atoms with Crippen molar-refractivity contribution >= 4 is 0 Å². The molecule has 0 aromatic carbocycles. The zero-order valence-electron chi connectivity index (χ0n) is 17.6. The molecule has 0 atom stereocenters. The molecule has 2 heteroatoms. The van der Waals surface area contributed by atoms with Crippen LogP contribution in [0.25, 0.3) is 0 Å². The molecule has 2 nitrogen and oxygen atoms in total. The number of piperidine rings is 2. The van der Waals surface area contributed by atoms with E-state index >= 15 is 0 Å². The van der Waals surface area contributed by atoms with Crippen molar-refractivity contribution in [3.05, 3.63) is 0 Å². The summed E-state index contributed by atoms with van der Waals surface area (Å²) in [7, 11) is 0. The quantitative estimate of drug-likeness (QED) is 0.641. The van der Waals surface area contributed by atoms with Crippen LogP contribution in [0.3, 0.4) is 0 Å². The van der Waals surface area contributed by atoms with E-state index in [2.05, 4.69) is 37.5 Å². The van der Waals surface area contributed by atoms with Crippen LogP contribution >= 0.6 is 0 Å². The Labute approximate surface area is 157 Å². The smallest absolute Gasteiger partial charge is 0.00385 e. The van der Waals surface area contributed by atoms with Crippen LogP contribution in [-0.4, -0.2) is 48.1 Å². The lowest BCUT2D eigenvalue weighted by molar-refractivity contribution is 0.0368. The highest BCUT2D eigenvalue weighted by Crippen LogP contribution is 2.47. The Kier molecular flexibility index (Phi) is 6.88. The van der Waals surface area contributed by atoms with Crippen LogP contribution in [0.15, 0.2) is 0 Å². The van der Waals surface area contributed by atoms with E-state index in [1.165, 1.54) is 90.4 Å².